The van der Waals surface area contributed by atoms with Gasteiger partial charge in [0.15, 0.2) is 6.61 Å². The molecule has 0 aliphatic rings. The minimum atomic E-state index is -4.43. The predicted molar refractivity (Wildman–Crippen MR) is 86.1 cm³/mol. The van der Waals surface area contributed by atoms with Crippen LogP contribution in [0.2, 0.25) is 0 Å². The van der Waals surface area contributed by atoms with Crippen molar-refractivity contribution < 1.29 is 27.1 Å². The van der Waals surface area contributed by atoms with E-state index in [2.05, 4.69) is 20.4 Å². The Kier molecular flexibility index (Phi) is 6.76. The van der Waals surface area contributed by atoms with Gasteiger partial charge in [0, 0.05) is 25.4 Å². The van der Waals surface area contributed by atoms with Gasteiger partial charge in [-0.1, -0.05) is 18.2 Å². The van der Waals surface area contributed by atoms with E-state index in [0.29, 0.717) is 18.5 Å². The Hall–Kier alpha value is -2.84. The van der Waals surface area contributed by atoms with Crippen LogP contribution in [0.25, 0.3) is 0 Å². The molecule has 2 N–H and O–H groups in total. The first kappa shape index (κ1) is 19.5. The Morgan fingerprint density at radius 2 is 1.92 bits per heavy atom. The Morgan fingerprint density at radius 1 is 1.12 bits per heavy atom. The molecule has 0 radical (unpaired) electrons. The molecule has 0 unspecified atom stereocenters. The Morgan fingerprint density at radius 3 is 2.58 bits per heavy atom. The first-order valence-corrected chi connectivity index (χ1v) is 7.72. The quantitative estimate of drug-likeness (QED) is 0.735. The number of ether oxygens (including phenoxy) is 1. The lowest BCUT2D eigenvalue weighted by atomic mass is 10.1. The first-order chi connectivity index (χ1) is 12.3. The van der Waals surface area contributed by atoms with Crippen LogP contribution in [0.15, 0.2) is 42.6 Å². The number of pyridine rings is 1. The summed E-state index contributed by atoms with van der Waals surface area (Å²) in [6, 6.07) is 8.48. The molecule has 0 saturated heterocycles. The standard InChI is InChI=1S/C17H17F4N3O2/c18-14-3-1-2-12(8-14)6-7-22-16(25)24-10-13-4-5-15(23-9-13)26-11-17(19,20)21/h1-5,8-9H,6-7,10-11H2,(H2,22,24,25). The number of amides is 2. The van der Waals surface area contributed by atoms with Gasteiger partial charge < -0.3 is 15.4 Å². The Bertz CT molecular complexity index is 721. The Balaban J connectivity index is 1.68. The van der Waals surface area contributed by atoms with Gasteiger partial charge in [0.1, 0.15) is 5.82 Å². The third-order valence-electron chi connectivity index (χ3n) is 3.22. The molecule has 9 heteroatoms. The minimum Gasteiger partial charge on any atom is -0.468 e. The van der Waals surface area contributed by atoms with Crippen molar-refractivity contribution in [2.24, 2.45) is 0 Å². The van der Waals surface area contributed by atoms with Crippen LogP contribution < -0.4 is 15.4 Å². The van der Waals surface area contributed by atoms with Crippen molar-refractivity contribution in [1.82, 2.24) is 15.6 Å². The molecular formula is C17H17F4N3O2. The summed E-state index contributed by atoms with van der Waals surface area (Å²) in [5.74, 6) is -0.479. The highest BCUT2D eigenvalue weighted by molar-refractivity contribution is 5.73. The summed E-state index contributed by atoms with van der Waals surface area (Å²) in [5.41, 5.74) is 1.37. The maximum atomic E-state index is 13.0. The monoisotopic (exact) mass is 371 g/mol. The second kappa shape index (κ2) is 9.02. The lowest BCUT2D eigenvalue weighted by Gasteiger charge is -2.10. The van der Waals surface area contributed by atoms with Gasteiger partial charge in [-0.2, -0.15) is 13.2 Å². The van der Waals surface area contributed by atoms with Gasteiger partial charge in [0.05, 0.1) is 0 Å². The molecule has 0 atom stereocenters. The maximum Gasteiger partial charge on any atom is 0.422 e. The van der Waals surface area contributed by atoms with Crippen LogP contribution in [0.4, 0.5) is 22.4 Å². The number of nitrogens with zero attached hydrogens (tertiary/aromatic N) is 1. The van der Waals surface area contributed by atoms with Gasteiger partial charge in [-0.25, -0.2) is 14.2 Å². The van der Waals surface area contributed by atoms with Gasteiger partial charge in [-0.15, -0.1) is 0 Å². The predicted octanol–water partition coefficient (Wildman–Crippen LogP) is 3.20. The molecule has 1 heterocycles. The number of carbonyl (C=O) groups excluding carboxylic acids is 1. The van der Waals surface area contributed by atoms with E-state index >= 15 is 0 Å². The summed E-state index contributed by atoms with van der Waals surface area (Å²) < 4.78 is 53.6. The van der Waals surface area contributed by atoms with Crippen molar-refractivity contribution in [3.05, 3.63) is 59.5 Å². The number of benzene rings is 1. The van der Waals surface area contributed by atoms with Crippen LogP contribution in [0.3, 0.4) is 0 Å². The lowest BCUT2D eigenvalue weighted by Crippen LogP contribution is -2.36. The van der Waals surface area contributed by atoms with E-state index < -0.39 is 18.8 Å². The summed E-state index contributed by atoms with van der Waals surface area (Å²) in [6.07, 6.45) is -2.62. The number of halogens is 4. The average Bonchev–Trinajstić information content (AvgIpc) is 2.58. The van der Waals surface area contributed by atoms with Gasteiger partial charge in [0.25, 0.3) is 0 Å². The second-order valence-corrected chi connectivity index (χ2v) is 5.40. The summed E-state index contributed by atoms with van der Waals surface area (Å²) in [4.78, 5) is 15.4. The number of alkyl halides is 3. The number of rotatable bonds is 7. The van der Waals surface area contributed by atoms with Gasteiger partial charge in [0.2, 0.25) is 5.88 Å². The average molecular weight is 371 g/mol. The number of nitrogens with one attached hydrogen (secondary N) is 2. The van der Waals surface area contributed by atoms with Crippen LogP contribution >= 0.6 is 0 Å². The van der Waals surface area contributed by atoms with Crippen molar-refractivity contribution in [1.29, 1.82) is 0 Å². The fourth-order valence-electron chi connectivity index (χ4n) is 2.01. The summed E-state index contributed by atoms with van der Waals surface area (Å²) in [5, 5.41) is 5.21. The zero-order valence-corrected chi connectivity index (χ0v) is 13.6. The van der Waals surface area contributed by atoms with Crippen LogP contribution in [0, 0.1) is 5.82 Å². The number of hydrogen-bond donors (Lipinski definition) is 2. The summed E-state index contributed by atoms with van der Waals surface area (Å²) in [6.45, 7) is -0.929. The molecule has 0 aliphatic heterocycles. The van der Waals surface area contributed by atoms with E-state index in [1.54, 1.807) is 12.1 Å². The summed E-state index contributed by atoms with van der Waals surface area (Å²) in [7, 11) is 0. The van der Waals surface area contributed by atoms with Gasteiger partial charge in [-0.05, 0) is 29.7 Å². The van der Waals surface area contributed by atoms with E-state index in [4.69, 9.17) is 0 Å². The van der Waals surface area contributed by atoms with Crippen molar-refractivity contribution in [2.45, 2.75) is 19.1 Å². The fourth-order valence-corrected chi connectivity index (χ4v) is 2.01. The van der Waals surface area contributed by atoms with Crippen LogP contribution in [0.1, 0.15) is 11.1 Å². The first-order valence-electron chi connectivity index (χ1n) is 7.72. The fraction of sp³-hybridized carbons (Fsp3) is 0.294. The van der Waals surface area contributed by atoms with Gasteiger partial charge in [-0.3, -0.25) is 0 Å². The molecule has 1 aromatic carbocycles. The largest absolute Gasteiger partial charge is 0.468 e. The molecular weight excluding hydrogens is 354 g/mol. The molecule has 2 amide bonds. The number of urea groups is 1. The van der Waals surface area contributed by atoms with E-state index in [0.717, 1.165) is 5.56 Å². The number of hydrogen-bond acceptors (Lipinski definition) is 3. The van der Waals surface area contributed by atoms with Crippen LogP contribution in [-0.2, 0) is 13.0 Å². The molecule has 2 aromatic rings. The Labute approximate surface area is 147 Å². The molecule has 2 rings (SSSR count). The summed E-state index contributed by atoms with van der Waals surface area (Å²) >= 11 is 0. The third-order valence-corrected chi connectivity index (χ3v) is 3.22. The molecule has 5 nitrogen and oxygen atoms in total. The SMILES string of the molecule is O=C(NCCc1cccc(F)c1)NCc1ccc(OCC(F)(F)F)nc1. The van der Waals surface area contributed by atoms with Crippen molar-refractivity contribution in [2.75, 3.05) is 13.2 Å². The highest BCUT2D eigenvalue weighted by atomic mass is 19.4. The molecule has 0 fully saturated rings. The maximum absolute atomic E-state index is 13.0. The highest BCUT2D eigenvalue weighted by Gasteiger charge is 2.28. The molecule has 0 saturated carbocycles. The van der Waals surface area contributed by atoms with Crippen LogP contribution in [-0.4, -0.2) is 30.3 Å². The van der Waals surface area contributed by atoms with Crippen molar-refractivity contribution in [3.63, 3.8) is 0 Å². The molecule has 26 heavy (non-hydrogen) atoms. The minimum absolute atomic E-state index is 0.148. The number of carbonyl (C=O) groups is 1. The molecule has 0 bridgehead atoms. The van der Waals surface area contributed by atoms with Crippen LogP contribution in [0.5, 0.6) is 5.88 Å². The second-order valence-electron chi connectivity index (χ2n) is 5.40. The van der Waals surface area contributed by atoms with Crippen molar-refractivity contribution >= 4 is 6.03 Å². The van der Waals surface area contributed by atoms with Gasteiger partial charge >= 0.3 is 12.2 Å². The van der Waals surface area contributed by atoms with E-state index in [-0.39, 0.29) is 18.2 Å². The molecule has 1 aromatic heterocycles. The van der Waals surface area contributed by atoms with Crippen molar-refractivity contribution in [3.8, 4) is 5.88 Å². The smallest absolute Gasteiger partial charge is 0.422 e. The zero-order chi connectivity index (χ0) is 19.0. The topological polar surface area (TPSA) is 63.2 Å². The molecule has 0 spiro atoms. The van der Waals surface area contributed by atoms with E-state index in [1.807, 2.05) is 0 Å². The highest BCUT2D eigenvalue weighted by Crippen LogP contribution is 2.17. The number of aromatic nitrogens is 1. The van der Waals surface area contributed by atoms with E-state index in [9.17, 15) is 22.4 Å². The van der Waals surface area contributed by atoms with E-state index in [1.165, 1.54) is 30.5 Å². The lowest BCUT2D eigenvalue weighted by molar-refractivity contribution is -0.154. The third kappa shape index (κ3) is 7.37. The molecule has 140 valence electrons. The zero-order valence-electron chi connectivity index (χ0n) is 13.6. The molecule has 0 aliphatic carbocycles. The normalized spacial score (nSPS) is 11.1.